The predicted molar refractivity (Wildman–Crippen MR) is 96.3 cm³/mol. The Morgan fingerprint density at radius 2 is 1.80 bits per heavy atom. The third-order valence-electron chi connectivity index (χ3n) is 4.84. The maximum absolute atomic E-state index is 10.4. The van der Waals surface area contributed by atoms with Crippen molar-refractivity contribution in [3.8, 4) is 6.07 Å². The molecule has 1 fully saturated rings. The standard InChI is InChI=1S/C19H23N5O/c1-14-15(2)21-22-19(17(14)12-20)24-10-8-23(9-11-24)13-18(25)16-6-4-3-5-7-16/h3-7,18,25H,8-11,13H2,1-2H3/t18-/m0/s1. The molecule has 25 heavy (non-hydrogen) atoms. The molecular formula is C19H23N5O. The number of aryl methyl sites for hydroxylation is 1. The molecule has 0 bridgehead atoms. The van der Waals surface area contributed by atoms with Crippen molar-refractivity contribution < 1.29 is 5.11 Å². The zero-order valence-electron chi connectivity index (χ0n) is 14.7. The first-order chi connectivity index (χ1) is 12.1. The molecule has 130 valence electrons. The van der Waals surface area contributed by atoms with Gasteiger partial charge in [0.2, 0.25) is 0 Å². The van der Waals surface area contributed by atoms with E-state index in [1.54, 1.807) is 0 Å². The van der Waals surface area contributed by atoms with E-state index in [0.29, 0.717) is 17.9 Å². The molecule has 6 heteroatoms. The molecule has 1 aromatic heterocycles. The summed E-state index contributed by atoms with van der Waals surface area (Å²) in [7, 11) is 0. The van der Waals surface area contributed by atoms with Crippen molar-refractivity contribution in [2.75, 3.05) is 37.6 Å². The summed E-state index contributed by atoms with van der Waals surface area (Å²) in [5, 5.41) is 28.3. The molecule has 6 nitrogen and oxygen atoms in total. The van der Waals surface area contributed by atoms with E-state index in [9.17, 15) is 10.4 Å². The van der Waals surface area contributed by atoms with Gasteiger partial charge in [0.05, 0.1) is 11.8 Å². The van der Waals surface area contributed by atoms with Crippen molar-refractivity contribution >= 4 is 5.82 Å². The molecule has 1 aromatic carbocycles. The van der Waals surface area contributed by atoms with Crippen LogP contribution in [0.1, 0.15) is 28.5 Å². The Labute approximate surface area is 148 Å². The number of aromatic nitrogens is 2. The van der Waals surface area contributed by atoms with Crippen LogP contribution in [0.2, 0.25) is 0 Å². The molecule has 0 unspecified atom stereocenters. The lowest BCUT2D eigenvalue weighted by atomic mass is 10.1. The summed E-state index contributed by atoms with van der Waals surface area (Å²) in [6, 6.07) is 12.0. The lowest BCUT2D eigenvalue weighted by molar-refractivity contribution is 0.109. The van der Waals surface area contributed by atoms with Crippen LogP contribution in [0.5, 0.6) is 0 Å². The van der Waals surface area contributed by atoms with Crippen molar-refractivity contribution in [2.45, 2.75) is 20.0 Å². The third kappa shape index (κ3) is 3.78. The van der Waals surface area contributed by atoms with Gasteiger partial charge in [-0.1, -0.05) is 30.3 Å². The van der Waals surface area contributed by atoms with Crippen LogP contribution in [0.4, 0.5) is 5.82 Å². The molecular weight excluding hydrogens is 314 g/mol. The van der Waals surface area contributed by atoms with Crippen LogP contribution in [-0.2, 0) is 0 Å². The number of hydrogen-bond acceptors (Lipinski definition) is 6. The maximum Gasteiger partial charge on any atom is 0.169 e. The zero-order chi connectivity index (χ0) is 17.8. The minimum atomic E-state index is -0.483. The number of rotatable bonds is 4. The highest BCUT2D eigenvalue weighted by Crippen LogP contribution is 2.23. The van der Waals surface area contributed by atoms with Gasteiger partial charge in [-0.05, 0) is 25.0 Å². The molecule has 1 aliphatic heterocycles. The monoisotopic (exact) mass is 337 g/mol. The van der Waals surface area contributed by atoms with Gasteiger partial charge in [0, 0.05) is 32.7 Å². The Kier molecular flexibility index (Phi) is 5.27. The SMILES string of the molecule is Cc1nnc(N2CCN(C[C@H](O)c3ccccc3)CC2)c(C#N)c1C. The molecule has 0 spiro atoms. The molecule has 1 saturated heterocycles. The van der Waals surface area contributed by atoms with E-state index < -0.39 is 6.10 Å². The molecule has 0 aliphatic carbocycles. The Morgan fingerprint density at radius 3 is 2.44 bits per heavy atom. The number of hydrogen-bond donors (Lipinski definition) is 1. The number of aliphatic hydroxyl groups is 1. The normalized spacial score (nSPS) is 16.5. The Bertz CT molecular complexity index is 763. The van der Waals surface area contributed by atoms with Gasteiger partial charge in [-0.3, -0.25) is 4.90 Å². The lowest BCUT2D eigenvalue weighted by Crippen LogP contribution is -2.48. The van der Waals surface area contributed by atoms with Crippen LogP contribution in [0, 0.1) is 25.2 Å². The van der Waals surface area contributed by atoms with Crippen molar-refractivity contribution in [2.24, 2.45) is 0 Å². The zero-order valence-corrected chi connectivity index (χ0v) is 14.7. The minimum absolute atomic E-state index is 0.483. The van der Waals surface area contributed by atoms with E-state index in [1.807, 2.05) is 44.2 Å². The second kappa shape index (κ2) is 7.60. The fourth-order valence-electron chi connectivity index (χ4n) is 3.12. The van der Waals surface area contributed by atoms with Crippen LogP contribution < -0.4 is 4.90 Å². The fourth-order valence-corrected chi connectivity index (χ4v) is 3.12. The van der Waals surface area contributed by atoms with E-state index in [0.717, 1.165) is 43.0 Å². The van der Waals surface area contributed by atoms with Gasteiger partial charge in [0.1, 0.15) is 11.6 Å². The second-order valence-corrected chi connectivity index (χ2v) is 6.43. The molecule has 0 radical (unpaired) electrons. The number of β-amino-alcohol motifs (C(OH)–C–C–N with tert-alkyl or cyclic N) is 1. The van der Waals surface area contributed by atoms with Gasteiger partial charge >= 0.3 is 0 Å². The number of aliphatic hydroxyl groups excluding tert-OH is 1. The highest BCUT2D eigenvalue weighted by Gasteiger charge is 2.23. The molecule has 1 N–H and O–H groups in total. The Morgan fingerprint density at radius 1 is 1.12 bits per heavy atom. The highest BCUT2D eigenvalue weighted by atomic mass is 16.3. The Balaban J connectivity index is 1.63. The van der Waals surface area contributed by atoms with Gasteiger partial charge < -0.3 is 10.0 Å². The summed E-state index contributed by atoms with van der Waals surface area (Å²) in [6.07, 6.45) is -0.483. The summed E-state index contributed by atoms with van der Waals surface area (Å²) >= 11 is 0. The van der Waals surface area contributed by atoms with Crippen LogP contribution in [0.3, 0.4) is 0 Å². The van der Waals surface area contributed by atoms with E-state index in [-0.39, 0.29) is 0 Å². The number of anilines is 1. The summed E-state index contributed by atoms with van der Waals surface area (Å²) in [5.74, 6) is 0.675. The molecule has 0 amide bonds. The van der Waals surface area contributed by atoms with Gasteiger partial charge in [0.15, 0.2) is 5.82 Å². The quantitative estimate of drug-likeness (QED) is 0.917. The molecule has 3 rings (SSSR count). The molecule has 0 saturated carbocycles. The van der Waals surface area contributed by atoms with Crippen LogP contribution >= 0.6 is 0 Å². The van der Waals surface area contributed by atoms with E-state index in [1.165, 1.54) is 0 Å². The van der Waals surface area contributed by atoms with E-state index in [4.69, 9.17) is 0 Å². The first-order valence-corrected chi connectivity index (χ1v) is 8.54. The maximum atomic E-state index is 10.4. The summed E-state index contributed by atoms with van der Waals surface area (Å²) in [5.41, 5.74) is 3.25. The molecule has 2 heterocycles. The second-order valence-electron chi connectivity index (χ2n) is 6.43. The smallest absolute Gasteiger partial charge is 0.169 e. The van der Waals surface area contributed by atoms with Crippen molar-refractivity contribution in [3.63, 3.8) is 0 Å². The van der Waals surface area contributed by atoms with Gasteiger partial charge in [-0.2, -0.15) is 10.4 Å². The largest absolute Gasteiger partial charge is 0.387 e. The average molecular weight is 337 g/mol. The number of benzene rings is 1. The van der Waals surface area contributed by atoms with Gasteiger partial charge in [-0.25, -0.2) is 0 Å². The molecule has 1 aliphatic rings. The highest BCUT2D eigenvalue weighted by molar-refractivity contribution is 5.57. The van der Waals surface area contributed by atoms with Crippen LogP contribution in [-0.4, -0.2) is 52.9 Å². The molecule has 2 aromatic rings. The van der Waals surface area contributed by atoms with E-state index >= 15 is 0 Å². The predicted octanol–water partition coefficient (Wildman–Crippen LogP) is 1.82. The molecule has 1 atom stereocenters. The van der Waals surface area contributed by atoms with E-state index in [2.05, 4.69) is 26.1 Å². The number of piperazine rings is 1. The van der Waals surface area contributed by atoms with Crippen LogP contribution in [0.25, 0.3) is 0 Å². The van der Waals surface area contributed by atoms with Crippen molar-refractivity contribution in [3.05, 3.63) is 52.7 Å². The van der Waals surface area contributed by atoms with Crippen LogP contribution in [0.15, 0.2) is 30.3 Å². The summed E-state index contributed by atoms with van der Waals surface area (Å²) in [6.45, 7) is 7.59. The topological polar surface area (TPSA) is 76.3 Å². The number of nitriles is 1. The minimum Gasteiger partial charge on any atom is -0.387 e. The lowest BCUT2D eigenvalue weighted by Gasteiger charge is -2.36. The Hall–Kier alpha value is -2.49. The fraction of sp³-hybridized carbons (Fsp3) is 0.421. The van der Waals surface area contributed by atoms with Gasteiger partial charge in [-0.15, -0.1) is 5.10 Å². The first kappa shape index (κ1) is 17.3. The number of nitrogens with zero attached hydrogens (tertiary/aromatic N) is 5. The summed E-state index contributed by atoms with van der Waals surface area (Å²) < 4.78 is 0. The van der Waals surface area contributed by atoms with Crippen molar-refractivity contribution in [1.82, 2.24) is 15.1 Å². The van der Waals surface area contributed by atoms with Gasteiger partial charge in [0.25, 0.3) is 0 Å². The van der Waals surface area contributed by atoms with Crippen molar-refractivity contribution in [1.29, 1.82) is 5.26 Å². The first-order valence-electron chi connectivity index (χ1n) is 8.54. The average Bonchev–Trinajstić information content (AvgIpc) is 2.65. The third-order valence-corrected chi connectivity index (χ3v) is 4.84. The summed E-state index contributed by atoms with van der Waals surface area (Å²) in [4.78, 5) is 4.36.